The molecular weight excluding hydrogens is 147 g/mol. The van der Waals surface area contributed by atoms with E-state index in [2.05, 4.69) is 0 Å². The van der Waals surface area contributed by atoms with Gasteiger partial charge in [0, 0.05) is 36.5 Å². The summed E-state index contributed by atoms with van der Waals surface area (Å²) in [6.45, 7) is 0. The average molecular weight is 154 g/mol. The van der Waals surface area contributed by atoms with Gasteiger partial charge in [0.15, 0.2) is 0 Å². The number of hydrogen-bond acceptors (Lipinski definition) is 1. The monoisotopic (exact) mass is 153 g/mol. The SMILES string of the molecule is C.N.[Fe].[Zn]. The second kappa shape index (κ2) is 32.5. The molecule has 0 aromatic carbocycles. The van der Waals surface area contributed by atoms with E-state index in [1.54, 1.807) is 0 Å². The van der Waals surface area contributed by atoms with Crippen LogP contribution in [-0.4, -0.2) is 0 Å². The van der Waals surface area contributed by atoms with Crippen molar-refractivity contribution in [3.8, 4) is 0 Å². The Kier molecular flexibility index (Phi) is 573. The first-order valence-corrected chi connectivity index (χ1v) is 0. The van der Waals surface area contributed by atoms with Crippen LogP contribution in [0, 0.1) is 0 Å². The first-order chi connectivity index (χ1) is 0. The van der Waals surface area contributed by atoms with E-state index in [1.807, 2.05) is 0 Å². The first kappa shape index (κ1) is 70.6. The van der Waals surface area contributed by atoms with Gasteiger partial charge in [0.1, 0.15) is 0 Å². The largest absolute Gasteiger partial charge is 0.344 e. The Hall–Kier alpha value is 1.10. The predicted octanol–water partition coefficient (Wildman–Crippen LogP) is 0.793. The predicted molar refractivity (Wildman–Crippen MR) is 11.8 cm³/mol. The van der Waals surface area contributed by atoms with Gasteiger partial charge in [-0.05, 0) is 0 Å². The van der Waals surface area contributed by atoms with E-state index in [1.165, 1.54) is 0 Å². The second-order valence-corrected chi connectivity index (χ2v) is 0. The number of hydrogen-bond donors (Lipinski definition) is 1. The molecule has 0 aliphatic rings. The zero-order valence-corrected chi connectivity index (χ0v) is 5.84. The van der Waals surface area contributed by atoms with E-state index in [0.29, 0.717) is 0 Å². The summed E-state index contributed by atoms with van der Waals surface area (Å²) in [6.07, 6.45) is 0. The first-order valence-electron chi connectivity index (χ1n) is 0. The third-order valence-corrected chi connectivity index (χ3v) is 0. The second-order valence-electron chi connectivity index (χ2n) is 0. The van der Waals surface area contributed by atoms with Gasteiger partial charge >= 0.3 is 0 Å². The standard InChI is InChI=1S/CH4.Fe.H3N.Zn/h1H4;;1H3;. The van der Waals surface area contributed by atoms with Crippen LogP contribution in [0.15, 0.2) is 0 Å². The van der Waals surface area contributed by atoms with Crippen molar-refractivity contribution in [2.45, 2.75) is 7.43 Å². The van der Waals surface area contributed by atoms with Gasteiger partial charge in [-0.3, -0.25) is 0 Å². The summed E-state index contributed by atoms with van der Waals surface area (Å²) >= 11 is 0. The Morgan fingerprint density at radius 3 is 1.00 bits per heavy atom. The van der Waals surface area contributed by atoms with Crippen LogP contribution >= 0.6 is 0 Å². The molecule has 3 N–H and O–H groups in total. The Balaban J connectivity index is 0. The summed E-state index contributed by atoms with van der Waals surface area (Å²) in [5.74, 6) is 0. The molecule has 0 radical (unpaired) electrons. The fourth-order valence-electron chi connectivity index (χ4n) is 0. The molecule has 0 saturated carbocycles. The van der Waals surface area contributed by atoms with Crippen molar-refractivity contribution in [2.75, 3.05) is 0 Å². The molecule has 0 bridgehead atoms. The van der Waals surface area contributed by atoms with Gasteiger partial charge in [-0.15, -0.1) is 0 Å². The van der Waals surface area contributed by atoms with Crippen molar-refractivity contribution in [3.05, 3.63) is 0 Å². The van der Waals surface area contributed by atoms with Crippen LogP contribution in [0.2, 0.25) is 0 Å². The molecule has 0 rings (SSSR count). The van der Waals surface area contributed by atoms with Gasteiger partial charge in [-0.25, -0.2) is 0 Å². The Labute approximate surface area is 50.4 Å². The third kappa shape index (κ3) is 11.3. The zero-order chi connectivity index (χ0) is 0. The van der Waals surface area contributed by atoms with Crippen LogP contribution in [0.1, 0.15) is 7.43 Å². The van der Waals surface area contributed by atoms with E-state index < -0.39 is 0 Å². The van der Waals surface area contributed by atoms with Gasteiger partial charge in [0.05, 0.1) is 0 Å². The molecule has 0 spiro atoms. The van der Waals surface area contributed by atoms with Crippen molar-refractivity contribution in [1.29, 1.82) is 0 Å². The molecule has 0 aliphatic heterocycles. The molecular formula is CH7FeNZn. The summed E-state index contributed by atoms with van der Waals surface area (Å²) in [4.78, 5) is 0. The van der Waals surface area contributed by atoms with Crippen LogP contribution in [0.3, 0.4) is 0 Å². The van der Waals surface area contributed by atoms with E-state index in [4.69, 9.17) is 0 Å². The maximum atomic E-state index is 0. The fourth-order valence-corrected chi connectivity index (χ4v) is 0. The van der Waals surface area contributed by atoms with Crippen LogP contribution < -0.4 is 6.15 Å². The molecule has 1 nitrogen and oxygen atoms in total. The molecule has 0 atom stereocenters. The van der Waals surface area contributed by atoms with Crippen LogP contribution in [0.5, 0.6) is 0 Å². The maximum Gasteiger partial charge on any atom is 0 e. The van der Waals surface area contributed by atoms with Crippen molar-refractivity contribution in [2.24, 2.45) is 0 Å². The molecule has 0 saturated heterocycles. The zero-order valence-electron chi connectivity index (χ0n) is 1.77. The summed E-state index contributed by atoms with van der Waals surface area (Å²) in [5, 5.41) is 0. The Bertz CT molecular complexity index is 8.00. The normalized spacial score (nSPS) is 0. The van der Waals surface area contributed by atoms with Gasteiger partial charge in [-0.2, -0.15) is 0 Å². The Morgan fingerprint density at radius 2 is 1.00 bits per heavy atom. The van der Waals surface area contributed by atoms with Crippen molar-refractivity contribution < 1.29 is 36.5 Å². The molecule has 0 aromatic heterocycles. The molecule has 4 heavy (non-hydrogen) atoms. The van der Waals surface area contributed by atoms with Gasteiger partial charge in [-0.1, -0.05) is 7.43 Å². The topological polar surface area (TPSA) is 35.0 Å². The van der Waals surface area contributed by atoms with E-state index >= 15 is 0 Å². The summed E-state index contributed by atoms with van der Waals surface area (Å²) in [5.41, 5.74) is 0. The van der Waals surface area contributed by atoms with Crippen molar-refractivity contribution >= 4 is 0 Å². The summed E-state index contributed by atoms with van der Waals surface area (Å²) in [6, 6.07) is 0. The summed E-state index contributed by atoms with van der Waals surface area (Å²) in [7, 11) is 0. The van der Waals surface area contributed by atoms with Crippen LogP contribution in [0.25, 0.3) is 0 Å². The minimum atomic E-state index is 0. The molecule has 0 unspecified atom stereocenters. The van der Waals surface area contributed by atoms with E-state index in [0.717, 1.165) is 0 Å². The van der Waals surface area contributed by atoms with Crippen LogP contribution in [0.4, 0.5) is 0 Å². The smallest absolute Gasteiger partial charge is 0 e. The third-order valence-electron chi connectivity index (χ3n) is 0. The van der Waals surface area contributed by atoms with Gasteiger partial charge < -0.3 is 6.15 Å². The van der Waals surface area contributed by atoms with Crippen LogP contribution in [-0.2, 0) is 36.5 Å². The fraction of sp³-hybridized carbons (Fsp3) is 1.00. The molecule has 0 fully saturated rings. The number of rotatable bonds is 0. The van der Waals surface area contributed by atoms with Gasteiger partial charge in [0.25, 0.3) is 0 Å². The Morgan fingerprint density at radius 1 is 1.00 bits per heavy atom. The van der Waals surface area contributed by atoms with E-state index in [-0.39, 0.29) is 50.1 Å². The molecule has 0 aliphatic carbocycles. The molecule has 0 amide bonds. The quantitative estimate of drug-likeness (QED) is 0.514. The minimum absolute atomic E-state index is 0. The average Bonchev–Trinajstić information content (AvgIpc) is 0. The molecule has 26 valence electrons. The molecule has 0 aromatic rings. The van der Waals surface area contributed by atoms with Crippen molar-refractivity contribution in [3.63, 3.8) is 0 Å². The summed E-state index contributed by atoms with van der Waals surface area (Å²) < 4.78 is 0. The molecule has 0 heterocycles. The van der Waals surface area contributed by atoms with Crippen molar-refractivity contribution in [1.82, 2.24) is 6.15 Å². The van der Waals surface area contributed by atoms with E-state index in [9.17, 15) is 0 Å². The molecule has 3 heteroatoms. The maximum absolute atomic E-state index is 0. The minimum Gasteiger partial charge on any atom is -0.344 e. The van der Waals surface area contributed by atoms with Gasteiger partial charge in [0.2, 0.25) is 0 Å².